The molecule has 3 N–H and O–H groups in total. The minimum atomic E-state index is 0.436. The molecular weight excluding hydrogens is 222 g/mol. The molecule has 0 spiro atoms. The molecule has 0 aliphatic heterocycles. The van der Waals surface area contributed by atoms with E-state index in [9.17, 15) is 0 Å². The molecule has 2 rings (SSSR count). The van der Waals surface area contributed by atoms with E-state index >= 15 is 0 Å². The highest BCUT2D eigenvalue weighted by Gasteiger charge is 2.13. The topological polar surface area (TPSA) is 50.4 Å². The summed E-state index contributed by atoms with van der Waals surface area (Å²) in [5.74, 6) is 6.45. The fourth-order valence-corrected chi connectivity index (χ4v) is 2.48. The van der Waals surface area contributed by atoms with Gasteiger partial charge >= 0.3 is 0 Å². The first-order valence-electron chi connectivity index (χ1n) is 6.83. The van der Waals surface area contributed by atoms with Gasteiger partial charge in [0.25, 0.3) is 0 Å². The molecule has 1 fully saturated rings. The Labute approximate surface area is 109 Å². The number of hydrazine groups is 1. The monoisotopic (exact) mass is 245 g/mol. The Hall–Kier alpha value is -1.35. The van der Waals surface area contributed by atoms with Crippen LogP contribution in [0.4, 0.5) is 0 Å². The lowest BCUT2D eigenvalue weighted by Gasteiger charge is -2.19. The number of nitrogens with zero attached hydrogens (tertiary/aromatic N) is 1. The van der Waals surface area contributed by atoms with Crippen LogP contribution in [0.25, 0.3) is 0 Å². The number of aryl methyl sites for hydroxylation is 2. The second kappa shape index (κ2) is 6.01. The number of aliphatic imine (C=N–C) groups is 1. The number of nitrogens with one attached hydrogen (secondary N) is 1. The van der Waals surface area contributed by atoms with Crippen molar-refractivity contribution in [2.45, 2.75) is 52.0 Å². The van der Waals surface area contributed by atoms with E-state index in [-0.39, 0.29) is 0 Å². The molecule has 0 unspecified atom stereocenters. The fraction of sp³-hybridized carbons (Fsp3) is 0.533. The van der Waals surface area contributed by atoms with Crippen LogP contribution in [-0.4, -0.2) is 11.9 Å². The predicted octanol–water partition coefficient (Wildman–Crippen LogP) is 2.85. The van der Waals surface area contributed by atoms with Gasteiger partial charge in [-0.1, -0.05) is 31.4 Å². The van der Waals surface area contributed by atoms with Crippen LogP contribution in [0.2, 0.25) is 0 Å². The van der Waals surface area contributed by atoms with E-state index in [2.05, 4.69) is 37.5 Å². The molecule has 98 valence electrons. The Balaban J connectivity index is 2.20. The molecule has 18 heavy (non-hydrogen) atoms. The highest BCUT2D eigenvalue weighted by Crippen LogP contribution is 2.21. The number of hydrogen-bond acceptors (Lipinski definition) is 2. The summed E-state index contributed by atoms with van der Waals surface area (Å²) in [6, 6.07) is 6.80. The average molecular weight is 245 g/mol. The summed E-state index contributed by atoms with van der Waals surface area (Å²) in [4.78, 5) is 4.78. The number of rotatable bonds is 2. The summed E-state index contributed by atoms with van der Waals surface area (Å²) >= 11 is 0. The summed E-state index contributed by atoms with van der Waals surface area (Å²) in [7, 11) is 0. The maximum absolute atomic E-state index is 5.63. The van der Waals surface area contributed by atoms with Crippen LogP contribution in [0.5, 0.6) is 0 Å². The van der Waals surface area contributed by atoms with Crippen molar-refractivity contribution < 1.29 is 0 Å². The number of hydrogen-bond donors (Lipinski definition) is 2. The molecule has 0 atom stereocenters. The fourth-order valence-electron chi connectivity index (χ4n) is 2.48. The van der Waals surface area contributed by atoms with Crippen molar-refractivity contribution in [3.05, 3.63) is 34.9 Å². The van der Waals surface area contributed by atoms with E-state index in [0.29, 0.717) is 6.04 Å². The lowest BCUT2D eigenvalue weighted by Crippen LogP contribution is -2.32. The standard InChI is InChI=1S/C15H23N3/c1-11-8-9-13(10-12(11)2)15(18-16)17-14-6-4-3-5-7-14/h8-10,14H,3-7,16H2,1-2H3,(H,17,18). The minimum absolute atomic E-state index is 0.436. The summed E-state index contributed by atoms with van der Waals surface area (Å²) in [5.41, 5.74) is 6.43. The SMILES string of the molecule is Cc1ccc(C(=NC2CCCCC2)NN)cc1C. The van der Waals surface area contributed by atoms with Gasteiger partial charge in [0.1, 0.15) is 5.84 Å². The normalized spacial score (nSPS) is 17.8. The van der Waals surface area contributed by atoms with Crippen LogP contribution in [0.3, 0.4) is 0 Å². The molecule has 3 heteroatoms. The van der Waals surface area contributed by atoms with Gasteiger partial charge in [0.15, 0.2) is 0 Å². The number of nitrogens with two attached hydrogens (primary N) is 1. The van der Waals surface area contributed by atoms with Gasteiger partial charge in [-0.2, -0.15) is 0 Å². The van der Waals surface area contributed by atoms with Gasteiger partial charge in [-0.05, 0) is 43.9 Å². The van der Waals surface area contributed by atoms with Gasteiger partial charge in [0, 0.05) is 5.56 Å². The van der Waals surface area contributed by atoms with Crippen molar-refractivity contribution in [2.75, 3.05) is 0 Å². The van der Waals surface area contributed by atoms with Crippen LogP contribution in [0, 0.1) is 13.8 Å². The minimum Gasteiger partial charge on any atom is -0.308 e. The molecule has 0 aromatic heterocycles. The highest BCUT2D eigenvalue weighted by atomic mass is 15.3. The van der Waals surface area contributed by atoms with Gasteiger partial charge in [-0.3, -0.25) is 4.99 Å². The summed E-state index contributed by atoms with van der Waals surface area (Å²) in [6.07, 6.45) is 6.31. The van der Waals surface area contributed by atoms with E-state index in [0.717, 1.165) is 11.4 Å². The smallest absolute Gasteiger partial charge is 0.142 e. The third kappa shape index (κ3) is 3.10. The van der Waals surface area contributed by atoms with E-state index < -0.39 is 0 Å². The molecule has 1 aliphatic rings. The second-order valence-electron chi connectivity index (χ2n) is 5.21. The maximum Gasteiger partial charge on any atom is 0.142 e. The third-order valence-corrected chi connectivity index (χ3v) is 3.80. The van der Waals surface area contributed by atoms with Gasteiger partial charge in [0.05, 0.1) is 6.04 Å². The van der Waals surface area contributed by atoms with Crippen LogP contribution >= 0.6 is 0 Å². The Morgan fingerprint density at radius 1 is 1.17 bits per heavy atom. The van der Waals surface area contributed by atoms with Crippen molar-refractivity contribution >= 4 is 5.84 Å². The van der Waals surface area contributed by atoms with E-state index in [1.807, 2.05) is 0 Å². The first-order chi connectivity index (χ1) is 8.70. The molecular formula is C15H23N3. The largest absolute Gasteiger partial charge is 0.308 e. The first-order valence-corrected chi connectivity index (χ1v) is 6.83. The Kier molecular flexibility index (Phi) is 4.37. The van der Waals surface area contributed by atoms with Gasteiger partial charge in [-0.15, -0.1) is 0 Å². The Bertz CT molecular complexity index is 431. The molecule has 1 saturated carbocycles. The van der Waals surface area contributed by atoms with Gasteiger partial charge < -0.3 is 5.43 Å². The molecule has 1 aliphatic carbocycles. The number of benzene rings is 1. The zero-order valence-electron chi connectivity index (χ0n) is 11.4. The molecule has 1 aromatic rings. The zero-order chi connectivity index (χ0) is 13.0. The van der Waals surface area contributed by atoms with Crippen LogP contribution in [0.15, 0.2) is 23.2 Å². The van der Waals surface area contributed by atoms with Crippen LogP contribution < -0.4 is 11.3 Å². The summed E-state index contributed by atoms with van der Waals surface area (Å²) in [6.45, 7) is 4.24. The summed E-state index contributed by atoms with van der Waals surface area (Å²) in [5, 5.41) is 0. The lowest BCUT2D eigenvalue weighted by molar-refractivity contribution is 0.442. The van der Waals surface area contributed by atoms with Crippen molar-refractivity contribution in [2.24, 2.45) is 10.8 Å². The van der Waals surface area contributed by atoms with Crippen molar-refractivity contribution in [1.29, 1.82) is 0 Å². The molecule has 3 nitrogen and oxygen atoms in total. The van der Waals surface area contributed by atoms with Crippen LogP contribution in [-0.2, 0) is 0 Å². The zero-order valence-corrected chi connectivity index (χ0v) is 11.4. The van der Waals surface area contributed by atoms with Crippen molar-refractivity contribution in [3.63, 3.8) is 0 Å². The van der Waals surface area contributed by atoms with Crippen molar-refractivity contribution in [1.82, 2.24) is 5.43 Å². The number of amidine groups is 1. The quantitative estimate of drug-likeness (QED) is 0.364. The first kappa shape index (κ1) is 13.1. The predicted molar refractivity (Wildman–Crippen MR) is 76.6 cm³/mol. The highest BCUT2D eigenvalue weighted by molar-refractivity contribution is 5.98. The Morgan fingerprint density at radius 3 is 2.50 bits per heavy atom. The molecule has 0 radical (unpaired) electrons. The van der Waals surface area contributed by atoms with E-state index in [1.165, 1.54) is 43.2 Å². The van der Waals surface area contributed by atoms with E-state index in [4.69, 9.17) is 10.8 Å². The molecule has 1 aromatic carbocycles. The lowest BCUT2D eigenvalue weighted by atomic mass is 9.96. The Morgan fingerprint density at radius 2 is 1.89 bits per heavy atom. The van der Waals surface area contributed by atoms with Gasteiger partial charge in [-0.25, -0.2) is 5.84 Å². The van der Waals surface area contributed by atoms with Crippen LogP contribution in [0.1, 0.15) is 48.8 Å². The summed E-state index contributed by atoms with van der Waals surface area (Å²) < 4.78 is 0. The maximum atomic E-state index is 5.63. The molecule has 0 amide bonds. The molecule has 0 bridgehead atoms. The second-order valence-corrected chi connectivity index (χ2v) is 5.21. The average Bonchev–Trinajstić information content (AvgIpc) is 2.40. The van der Waals surface area contributed by atoms with Crippen molar-refractivity contribution in [3.8, 4) is 0 Å². The van der Waals surface area contributed by atoms with Gasteiger partial charge in [0.2, 0.25) is 0 Å². The molecule has 0 saturated heterocycles. The van der Waals surface area contributed by atoms with E-state index in [1.54, 1.807) is 0 Å². The third-order valence-electron chi connectivity index (χ3n) is 3.80. The molecule has 0 heterocycles.